The Bertz CT molecular complexity index is 436. The molecule has 0 aromatic carbocycles. The van der Waals surface area contributed by atoms with Crippen LogP contribution in [-0.2, 0) is 0 Å². The standard InChI is InChI=1S/C13H22N4OS/c1-2-18-11-12(14)15-19-13(11)17-8-4-7-16-6-3-5-10(16)9-17/h10H,2-9H2,1H3,(H2,14,15). The van der Waals surface area contributed by atoms with Gasteiger partial charge in [-0.05, 0) is 44.3 Å². The number of hydrogen-bond acceptors (Lipinski definition) is 6. The van der Waals surface area contributed by atoms with Gasteiger partial charge < -0.3 is 15.4 Å². The van der Waals surface area contributed by atoms with Gasteiger partial charge in [-0.3, -0.25) is 4.90 Å². The lowest BCUT2D eigenvalue weighted by molar-refractivity contribution is 0.273. The van der Waals surface area contributed by atoms with Crippen LogP contribution in [0.1, 0.15) is 26.2 Å². The highest BCUT2D eigenvalue weighted by atomic mass is 32.1. The van der Waals surface area contributed by atoms with Gasteiger partial charge in [0.25, 0.3) is 0 Å². The van der Waals surface area contributed by atoms with Crippen molar-refractivity contribution in [1.29, 1.82) is 0 Å². The topological polar surface area (TPSA) is 54.6 Å². The minimum atomic E-state index is 0.536. The van der Waals surface area contributed by atoms with Crippen LogP contribution in [0.4, 0.5) is 10.8 Å². The van der Waals surface area contributed by atoms with Crippen molar-refractivity contribution >= 4 is 22.4 Å². The smallest absolute Gasteiger partial charge is 0.197 e. The van der Waals surface area contributed by atoms with Crippen LogP contribution >= 0.6 is 11.5 Å². The van der Waals surface area contributed by atoms with Gasteiger partial charge in [0.1, 0.15) is 0 Å². The van der Waals surface area contributed by atoms with E-state index in [1.54, 1.807) is 0 Å². The van der Waals surface area contributed by atoms with Crippen molar-refractivity contribution in [3.05, 3.63) is 0 Å². The molecule has 0 spiro atoms. The Labute approximate surface area is 118 Å². The van der Waals surface area contributed by atoms with E-state index in [-0.39, 0.29) is 0 Å². The summed E-state index contributed by atoms with van der Waals surface area (Å²) in [5, 5.41) is 1.12. The first kappa shape index (κ1) is 13.0. The lowest BCUT2D eigenvalue weighted by Crippen LogP contribution is -2.36. The molecule has 2 aliphatic rings. The van der Waals surface area contributed by atoms with Crippen LogP contribution in [0.3, 0.4) is 0 Å². The zero-order chi connectivity index (χ0) is 13.2. The molecule has 2 fully saturated rings. The van der Waals surface area contributed by atoms with Gasteiger partial charge in [-0.25, -0.2) is 0 Å². The van der Waals surface area contributed by atoms with E-state index in [1.165, 1.54) is 43.9 Å². The Morgan fingerprint density at radius 1 is 1.37 bits per heavy atom. The first-order valence-corrected chi connectivity index (χ1v) is 7.94. The van der Waals surface area contributed by atoms with E-state index in [4.69, 9.17) is 10.5 Å². The SMILES string of the molecule is CCOc1c(N)nsc1N1CCCN2CCCC2C1. The van der Waals surface area contributed by atoms with E-state index < -0.39 is 0 Å². The fraction of sp³-hybridized carbons (Fsp3) is 0.769. The van der Waals surface area contributed by atoms with Crippen LogP contribution in [0.25, 0.3) is 0 Å². The van der Waals surface area contributed by atoms with Crippen LogP contribution in [0.5, 0.6) is 5.75 Å². The second-order valence-corrected chi connectivity index (χ2v) is 6.02. The molecule has 106 valence electrons. The van der Waals surface area contributed by atoms with Crippen molar-refractivity contribution < 1.29 is 4.74 Å². The van der Waals surface area contributed by atoms with E-state index >= 15 is 0 Å². The summed E-state index contributed by atoms with van der Waals surface area (Å²) >= 11 is 1.47. The zero-order valence-corrected chi connectivity index (χ0v) is 12.3. The molecule has 1 aromatic heterocycles. The van der Waals surface area contributed by atoms with E-state index in [2.05, 4.69) is 14.2 Å². The summed E-state index contributed by atoms with van der Waals surface area (Å²) in [6.07, 6.45) is 3.86. The number of fused-ring (bicyclic) bond motifs is 1. The molecule has 3 heterocycles. The van der Waals surface area contributed by atoms with Crippen molar-refractivity contribution in [2.45, 2.75) is 32.2 Å². The van der Waals surface area contributed by atoms with Gasteiger partial charge in [-0.15, -0.1) is 0 Å². The number of anilines is 2. The van der Waals surface area contributed by atoms with E-state index in [1.807, 2.05) is 6.92 Å². The zero-order valence-electron chi connectivity index (χ0n) is 11.5. The van der Waals surface area contributed by atoms with Gasteiger partial charge in [0.2, 0.25) is 0 Å². The molecule has 0 bridgehead atoms. The Morgan fingerprint density at radius 3 is 3.05 bits per heavy atom. The molecule has 19 heavy (non-hydrogen) atoms. The van der Waals surface area contributed by atoms with Crippen molar-refractivity contribution in [1.82, 2.24) is 9.27 Å². The average molecular weight is 282 g/mol. The molecule has 2 aliphatic heterocycles. The van der Waals surface area contributed by atoms with Gasteiger partial charge in [-0.2, -0.15) is 4.37 Å². The minimum Gasteiger partial charge on any atom is -0.487 e. The lowest BCUT2D eigenvalue weighted by Gasteiger charge is -2.26. The molecule has 1 unspecified atom stereocenters. The Balaban J connectivity index is 1.80. The fourth-order valence-electron chi connectivity index (χ4n) is 3.16. The maximum atomic E-state index is 5.92. The van der Waals surface area contributed by atoms with E-state index in [0.717, 1.165) is 23.8 Å². The number of hydrogen-bond donors (Lipinski definition) is 1. The van der Waals surface area contributed by atoms with Crippen molar-refractivity contribution in [2.75, 3.05) is 43.4 Å². The van der Waals surface area contributed by atoms with Gasteiger partial charge in [0, 0.05) is 25.7 Å². The molecular weight excluding hydrogens is 260 g/mol. The van der Waals surface area contributed by atoms with Crippen LogP contribution < -0.4 is 15.4 Å². The summed E-state index contributed by atoms with van der Waals surface area (Å²) in [4.78, 5) is 5.06. The Morgan fingerprint density at radius 2 is 2.21 bits per heavy atom. The average Bonchev–Trinajstić information content (AvgIpc) is 2.93. The summed E-state index contributed by atoms with van der Waals surface area (Å²) in [5.41, 5.74) is 5.92. The maximum Gasteiger partial charge on any atom is 0.197 e. The first-order valence-electron chi connectivity index (χ1n) is 7.16. The normalized spacial score (nSPS) is 24.3. The minimum absolute atomic E-state index is 0.536. The van der Waals surface area contributed by atoms with Crippen LogP contribution in [-0.4, -0.2) is 48.1 Å². The fourth-order valence-corrected chi connectivity index (χ4v) is 3.95. The third-order valence-electron chi connectivity index (χ3n) is 4.04. The quantitative estimate of drug-likeness (QED) is 0.916. The number of aromatic nitrogens is 1. The third kappa shape index (κ3) is 2.51. The van der Waals surface area contributed by atoms with Crippen molar-refractivity contribution in [2.24, 2.45) is 0 Å². The molecule has 0 aliphatic carbocycles. The van der Waals surface area contributed by atoms with Gasteiger partial charge in [0.05, 0.1) is 6.61 Å². The molecule has 2 N–H and O–H groups in total. The summed E-state index contributed by atoms with van der Waals surface area (Å²) in [6, 6.07) is 0.695. The van der Waals surface area contributed by atoms with Crippen LogP contribution in [0.2, 0.25) is 0 Å². The van der Waals surface area contributed by atoms with Crippen molar-refractivity contribution in [3.8, 4) is 5.75 Å². The van der Waals surface area contributed by atoms with Crippen molar-refractivity contribution in [3.63, 3.8) is 0 Å². The Kier molecular flexibility index (Phi) is 3.79. The molecular formula is C13H22N4OS. The summed E-state index contributed by atoms with van der Waals surface area (Å²) in [6.45, 7) is 7.28. The number of ether oxygens (including phenoxy) is 1. The highest BCUT2D eigenvalue weighted by molar-refractivity contribution is 7.11. The second-order valence-electron chi connectivity index (χ2n) is 5.27. The van der Waals surface area contributed by atoms with Crippen LogP contribution in [0, 0.1) is 0 Å². The number of rotatable bonds is 3. The molecule has 2 saturated heterocycles. The molecule has 0 radical (unpaired) electrons. The number of nitrogens with zero attached hydrogens (tertiary/aromatic N) is 3. The third-order valence-corrected chi connectivity index (χ3v) is 4.94. The van der Waals surface area contributed by atoms with Gasteiger partial charge in [0.15, 0.2) is 16.6 Å². The molecule has 0 saturated carbocycles. The molecule has 6 heteroatoms. The predicted molar refractivity (Wildman–Crippen MR) is 79.1 cm³/mol. The monoisotopic (exact) mass is 282 g/mol. The highest BCUT2D eigenvalue weighted by Crippen LogP contribution is 2.39. The van der Waals surface area contributed by atoms with E-state index in [0.29, 0.717) is 18.5 Å². The summed E-state index contributed by atoms with van der Waals surface area (Å²) < 4.78 is 9.95. The summed E-state index contributed by atoms with van der Waals surface area (Å²) in [5.74, 6) is 1.33. The highest BCUT2D eigenvalue weighted by Gasteiger charge is 2.30. The van der Waals surface area contributed by atoms with Gasteiger partial charge in [-0.1, -0.05) is 0 Å². The summed E-state index contributed by atoms with van der Waals surface area (Å²) in [7, 11) is 0. The van der Waals surface area contributed by atoms with Gasteiger partial charge >= 0.3 is 0 Å². The molecule has 5 nitrogen and oxygen atoms in total. The maximum absolute atomic E-state index is 5.92. The lowest BCUT2D eigenvalue weighted by atomic mass is 10.2. The Hall–Kier alpha value is -1.01. The molecule has 3 rings (SSSR count). The number of nitrogen functional groups attached to an aromatic ring is 1. The van der Waals surface area contributed by atoms with Crippen LogP contribution in [0.15, 0.2) is 0 Å². The number of nitrogens with two attached hydrogens (primary N) is 1. The largest absolute Gasteiger partial charge is 0.487 e. The predicted octanol–water partition coefficient (Wildman–Crippen LogP) is 1.80. The second kappa shape index (κ2) is 5.54. The molecule has 1 aromatic rings. The first-order chi connectivity index (χ1) is 9.29. The van der Waals surface area contributed by atoms with E-state index in [9.17, 15) is 0 Å². The molecule has 0 amide bonds. The molecule has 1 atom stereocenters.